The Hall–Kier alpha value is -0.930. The lowest BCUT2D eigenvalue weighted by Gasteiger charge is -2.31. The topological polar surface area (TPSA) is 28.2 Å². The van der Waals surface area contributed by atoms with Crippen molar-refractivity contribution in [3.63, 3.8) is 0 Å². The third kappa shape index (κ3) is 3.58. The molecule has 0 spiro atoms. The summed E-state index contributed by atoms with van der Waals surface area (Å²) in [6, 6.07) is 5.18. The Morgan fingerprint density at radius 1 is 1.50 bits per heavy atom. The number of rotatable bonds is 6. The van der Waals surface area contributed by atoms with Gasteiger partial charge < -0.3 is 5.32 Å². The third-order valence-corrected chi connectivity index (χ3v) is 3.24. The van der Waals surface area contributed by atoms with Gasteiger partial charge in [0.1, 0.15) is 0 Å². The second-order valence-electron chi connectivity index (χ2n) is 4.32. The molecule has 0 saturated heterocycles. The van der Waals surface area contributed by atoms with Crippen LogP contribution in [-0.2, 0) is 6.54 Å². The molecule has 2 atom stereocenters. The van der Waals surface area contributed by atoms with Crippen molar-refractivity contribution in [2.75, 3.05) is 14.1 Å². The molecule has 0 aliphatic heterocycles. The van der Waals surface area contributed by atoms with Gasteiger partial charge in [-0.15, -0.1) is 0 Å². The van der Waals surface area contributed by atoms with E-state index in [1.165, 1.54) is 5.56 Å². The summed E-state index contributed by atoms with van der Waals surface area (Å²) < 4.78 is 0. The van der Waals surface area contributed by atoms with Gasteiger partial charge in [0.05, 0.1) is 0 Å². The molecular formula is C13H23N3. The van der Waals surface area contributed by atoms with Gasteiger partial charge in [-0.25, -0.2) is 0 Å². The molecule has 0 amide bonds. The van der Waals surface area contributed by atoms with Crippen LogP contribution >= 0.6 is 0 Å². The lowest BCUT2D eigenvalue weighted by molar-refractivity contribution is 0.200. The van der Waals surface area contributed by atoms with Gasteiger partial charge in [0.25, 0.3) is 0 Å². The maximum Gasteiger partial charge on any atom is 0.0312 e. The molecule has 1 aromatic rings. The second kappa shape index (κ2) is 6.61. The van der Waals surface area contributed by atoms with Gasteiger partial charge in [0.15, 0.2) is 0 Å². The van der Waals surface area contributed by atoms with Crippen LogP contribution in [0.1, 0.15) is 25.8 Å². The molecule has 1 rings (SSSR count). The standard InChI is InChI=1S/C13H23N3/c1-5-13(14-3)11(2)16(4)10-12-7-6-8-15-9-12/h6-9,11,13-14H,5,10H2,1-4H3. The molecule has 3 heteroatoms. The first-order valence-corrected chi connectivity index (χ1v) is 5.95. The van der Waals surface area contributed by atoms with Gasteiger partial charge in [-0.05, 0) is 39.1 Å². The molecule has 0 aromatic carbocycles. The molecule has 0 radical (unpaired) electrons. The highest BCUT2D eigenvalue weighted by atomic mass is 15.2. The zero-order chi connectivity index (χ0) is 12.0. The van der Waals surface area contributed by atoms with Crippen LogP contribution in [0.3, 0.4) is 0 Å². The largest absolute Gasteiger partial charge is 0.315 e. The Morgan fingerprint density at radius 3 is 2.75 bits per heavy atom. The summed E-state index contributed by atoms with van der Waals surface area (Å²) in [6.07, 6.45) is 4.90. The predicted molar refractivity (Wildman–Crippen MR) is 68.3 cm³/mol. The second-order valence-corrected chi connectivity index (χ2v) is 4.32. The van der Waals surface area contributed by atoms with Crippen molar-refractivity contribution in [1.82, 2.24) is 15.2 Å². The summed E-state index contributed by atoms with van der Waals surface area (Å²) in [5, 5.41) is 3.36. The molecule has 1 aromatic heterocycles. The van der Waals surface area contributed by atoms with Crippen molar-refractivity contribution in [2.24, 2.45) is 0 Å². The third-order valence-electron chi connectivity index (χ3n) is 3.24. The first-order chi connectivity index (χ1) is 7.69. The van der Waals surface area contributed by atoms with E-state index in [2.05, 4.69) is 42.2 Å². The van der Waals surface area contributed by atoms with Crippen molar-refractivity contribution in [1.29, 1.82) is 0 Å². The Kier molecular flexibility index (Phi) is 5.43. The number of nitrogens with one attached hydrogen (secondary N) is 1. The number of hydrogen-bond acceptors (Lipinski definition) is 3. The fourth-order valence-corrected chi connectivity index (χ4v) is 2.02. The highest BCUT2D eigenvalue weighted by molar-refractivity contribution is 5.08. The minimum Gasteiger partial charge on any atom is -0.315 e. The van der Waals surface area contributed by atoms with Crippen molar-refractivity contribution in [3.05, 3.63) is 30.1 Å². The average Bonchev–Trinajstić information content (AvgIpc) is 2.31. The van der Waals surface area contributed by atoms with E-state index < -0.39 is 0 Å². The predicted octanol–water partition coefficient (Wildman–Crippen LogP) is 1.90. The van der Waals surface area contributed by atoms with Crippen molar-refractivity contribution < 1.29 is 0 Å². The SMILES string of the molecule is CCC(NC)C(C)N(C)Cc1cccnc1. The summed E-state index contributed by atoms with van der Waals surface area (Å²) in [5.74, 6) is 0. The van der Waals surface area contributed by atoms with Crippen LogP contribution in [-0.4, -0.2) is 36.1 Å². The molecule has 1 heterocycles. The van der Waals surface area contributed by atoms with Crippen LogP contribution in [0.2, 0.25) is 0 Å². The first-order valence-electron chi connectivity index (χ1n) is 5.95. The number of hydrogen-bond donors (Lipinski definition) is 1. The number of aromatic nitrogens is 1. The van der Waals surface area contributed by atoms with E-state index in [0.717, 1.165) is 13.0 Å². The van der Waals surface area contributed by atoms with Gasteiger partial charge in [-0.1, -0.05) is 13.0 Å². The van der Waals surface area contributed by atoms with Crippen LogP contribution in [0.25, 0.3) is 0 Å². The molecule has 3 nitrogen and oxygen atoms in total. The van der Waals surface area contributed by atoms with Crippen molar-refractivity contribution >= 4 is 0 Å². The molecule has 0 saturated carbocycles. The molecule has 2 unspecified atom stereocenters. The zero-order valence-corrected chi connectivity index (χ0v) is 10.8. The summed E-state index contributed by atoms with van der Waals surface area (Å²) in [6.45, 7) is 5.43. The lowest BCUT2D eigenvalue weighted by atomic mass is 10.1. The van der Waals surface area contributed by atoms with Crippen molar-refractivity contribution in [3.8, 4) is 0 Å². The quantitative estimate of drug-likeness (QED) is 0.795. The molecule has 16 heavy (non-hydrogen) atoms. The fraction of sp³-hybridized carbons (Fsp3) is 0.615. The normalized spacial score (nSPS) is 15.1. The van der Waals surface area contributed by atoms with E-state index in [-0.39, 0.29) is 0 Å². The molecule has 0 fully saturated rings. The summed E-state index contributed by atoms with van der Waals surface area (Å²) in [4.78, 5) is 6.50. The molecule has 0 aliphatic rings. The van der Waals surface area contributed by atoms with E-state index >= 15 is 0 Å². The van der Waals surface area contributed by atoms with Gasteiger partial charge >= 0.3 is 0 Å². The fourth-order valence-electron chi connectivity index (χ4n) is 2.02. The average molecular weight is 221 g/mol. The van der Waals surface area contributed by atoms with Crippen LogP contribution in [0, 0.1) is 0 Å². The smallest absolute Gasteiger partial charge is 0.0312 e. The van der Waals surface area contributed by atoms with Crippen LogP contribution in [0.15, 0.2) is 24.5 Å². The Morgan fingerprint density at radius 2 is 2.25 bits per heavy atom. The van der Waals surface area contributed by atoms with Gasteiger partial charge in [-0.2, -0.15) is 0 Å². The molecule has 0 bridgehead atoms. The molecule has 0 aliphatic carbocycles. The lowest BCUT2D eigenvalue weighted by Crippen LogP contribution is -2.44. The Balaban J connectivity index is 2.54. The summed E-state index contributed by atoms with van der Waals surface area (Å²) in [5.41, 5.74) is 1.27. The van der Waals surface area contributed by atoms with Crippen LogP contribution < -0.4 is 5.32 Å². The van der Waals surface area contributed by atoms with Crippen molar-refractivity contribution in [2.45, 2.75) is 38.9 Å². The van der Waals surface area contributed by atoms with E-state index in [9.17, 15) is 0 Å². The van der Waals surface area contributed by atoms with E-state index in [0.29, 0.717) is 12.1 Å². The first kappa shape index (κ1) is 13.1. The maximum absolute atomic E-state index is 4.14. The highest BCUT2D eigenvalue weighted by Crippen LogP contribution is 2.09. The molecule has 90 valence electrons. The minimum atomic E-state index is 0.523. The van der Waals surface area contributed by atoms with Gasteiger partial charge in [0, 0.05) is 31.0 Å². The number of likely N-dealkylation sites (N-methyl/N-ethyl adjacent to an activating group) is 2. The van der Waals surface area contributed by atoms with Gasteiger partial charge in [-0.3, -0.25) is 9.88 Å². The van der Waals surface area contributed by atoms with E-state index in [4.69, 9.17) is 0 Å². The highest BCUT2D eigenvalue weighted by Gasteiger charge is 2.17. The van der Waals surface area contributed by atoms with E-state index in [1.54, 1.807) is 0 Å². The number of nitrogens with zero attached hydrogens (tertiary/aromatic N) is 2. The van der Waals surface area contributed by atoms with E-state index in [1.807, 2.05) is 25.5 Å². The summed E-state index contributed by atoms with van der Waals surface area (Å²) in [7, 11) is 4.19. The van der Waals surface area contributed by atoms with Crippen LogP contribution in [0.4, 0.5) is 0 Å². The zero-order valence-electron chi connectivity index (χ0n) is 10.8. The minimum absolute atomic E-state index is 0.523. The summed E-state index contributed by atoms with van der Waals surface area (Å²) >= 11 is 0. The van der Waals surface area contributed by atoms with Gasteiger partial charge in [0.2, 0.25) is 0 Å². The Labute approximate surface area is 98.9 Å². The number of pyridine rings is 1. The van der Waals surface area contributed by atoms with Crippen LogP contribution in [0.5, 0.6) is 0 Å². The molecule has 1 N–H and O–H groups in total. The molecular weight excluding hydrogens is 198 g/mol. The monoisotopic (exact) mass is 221 g/mol. The Bertz CT molecular complexity index is 282. The maximum atomic E-state index is 4.14.